The first kappa shape index (κ1) is 10.3. The molecule has 0 aliphatic heterocycles. The number of benzene rings is 1. The second kappa shape index (κ2) is 4.55. The van der Waals surface area contributed by atoms with Crippen LogP contribution in [0.25, 0.3) is 0 Å². The van der Waals surface area contributed by atoms with Gasteiger partial charge in [-0.3, -0.25) is 0 Å². The van der Waals surface area contributed by atoms with E-state index in [1.54, 1.807) is 18.5 Å². The highest BCUT2D eigenvalue weighted by atomic mass is 35.5. The van der Waals surface area contributed by atoms with Crippen LogP contribution in [-0.2, 0) is 6.54 Å². The Hall–Kier alpha value is -1.19. The number of nitrogens with zero attached hydrogens (tertiary/aromatic N) is 1. The first-order chi connectivity index (χ1) is 7.27. The summed E-state index contributed by atoms with van der Waals surface area (Å²) in [4.78, 5) is 0. The summed E-state index contributed by atoms with van der Waals surface area (Å²) >= 11 is 11.9. The van der Waals surface area contributed by atoms with Gasteiger partial charge < -0.3 is 9.84 Å². The van der Waals surface area contributed by atoms with Gasteiger partial charge in [-0.15, -0.1) is 0 Å². The van der Waals surface area contributed by atoms with Crippen LogP contribution < -0.4 is 5.32 Å². The Labute approximate surface area is 97.0 Å². The summed E-state index contributed by atoms with van der Waals surface area (Å²) < 4.78 is 4.71. The second-order valence-corrected chi connectivity index (χ2v) is 3.77. The molecule has 2 aromatic rings. The summed E-state index contributed by atoms with van der Waals surface area (Å²) in [5.41, 5.74) is 1.75. The van der Waals surface area contributed by atoms with Crippen LogP contribution in [0.4, 0.5) is 5.69 Å². The zero-order valence-corrected chi connectivity index (χ0v) is 9.22. The van der Waals surface area contributed by atoms with Crippen molar-refractivity contribution >= 4 is 28.9 Å². The van der Waals surface area contributed by atoms with Gasteiger partial charge in [-0.1, -0.05) is 34.4 Å². The minimum absolute atomic E-state index is 0.524. The van der Waals surface area contributed by atoms with E-state index in [0.29, 0.717) is 16.6 Å². The van der Waals surface area contributed by atoms with E-state index in [9.17, 15) is 0 Å². The standard InChI is InChI=1S/C10H8Cl2N2O/c11-8-2-1-3-9(10(8)12)13-4-7-5-14-15-6-7/h1-3,5-6,13H,4H2. The van der Waals surface area contributed by atoms with E-state index < -0.39 is 0 Å². The monoisotopic (exact) mass is 242 g/mol. The highest BCUT2D eigenvalue weighted by Crippen LogP contribution is 2.29. The fraction of sp³-hybridized carbons (Fsp3) is 0.100. The lowest BCUT2D eigenvalue weighted by atomic mass is 10.3. The highest BCUT2D eigenvalue weighted by molar-refractivity contribution is 6.43. The number of rotatable bonds is 3. The molecule has 0 atom stereocenters. The van der Waals surface area contributed by atoms with Crippen molar-refractivity contribution in [2.75, 3.05) is 5.32 Å². The molecule has 0 amide bonds. The third-order valence-corrected chi connectivity index (χ3v) is 2.74. The summed E-state index contributed by atoms with van der Waals surface area (Å²) in [7, 11) is 0. The van der Waals surface area contributed by atoms with Gasteiger partial charge in [0, 0.05) is 12.1 Å². The van der Waals surface area contributed by atoms with Gasteiger partial charge in [0.2, 0.25) is 0 Å². The molecule has 5 heteroatoms. The molecule has 0 fully saturated rings. The first-order valence-corrected chi connectivity index (χ1v) is 5.09. The summed E-state index contributed by atoms with van der Waals surface area (Å²) in [6, 6.07) is 5.44. The van der Waals surface area contributed by atoms with Crippen molar-refractivity contribution in [2.24, 2.45) is 0 Å². The first-order valence-electron chi connectivity index (χ1n) is 4.33. The van der Waals surface area contributed by atoms with Crippen LogP contribution in [0, 0.1) is 0 Å². The van der Waals surface area contributed by atoms with E-state index in [1.165, 1.54) is 0 Å². The molecule has 0 aliphatic carbocycles. The molecule has 2 rings (SSSR count). The molecular formula is C10H8Cl2N2O. The molecule has 3 nitrogen and oxygen atoms in total. The number of aromatic nitrogens is 1. The molecule has 15 heavy (non-hydrogen) atoms. The van der Waals surface area contributed by atoms with Crippen LogP contribution in [0.2, 0.25) is 10.0 Å². The van der Waals surface area contributed by atoms with Crippen molar-refractivity contribution in [2.45, 2.75) is 6.54 Å². The fourth-order valence-corrected chi connectivity index (χ4v) is 1.52. The Morgan fingerprint density at radius 1 is 1.33 bits per heavy atom. The molecule has 0 unspecified atom stereocenters. The average Bonchev–Trinajstić information content (AvgIpc) is 2.73. The van der Waals surface area contributed by atoms with Gasteiger partial charge in [0.05, 0.1) is 21.9 Å². The minimum Gasteiger partial charge on any atom is -0.380 e. The number of hydrogen-bond acceptors (Lipinski definition) is 3. The third-order valence-electron chi connectivity index (χ3n) is 1.92. The van der Waals surface area contributed by atoms with Crippen molar-refractivity contribution in [3.8, 4) is 0 Å². The molecular weight excluding hydrogens is 235 g/mol. The van der Waals surface area contributed by atoms with Crippen LogP contribution in [-0.4, -0.2) is 5.16 Å². The van der Waals surface area contributed by atoms with E-state index >= 15 is 0 Å². The summed E-state index contributed by atoms with van der Waals surface area (Å²) in [5.74, 6) is 0. The Kier molecular flexibility index (Phi) is 3.14. The quantitative estimate of drug-likeness (QED) is 0.894. The van der Waals surface area contributed by atoms with Crippen LogP contribution in [0.5, 0.6) is 0 Å². The van der Waals surface area contributed by atoms with Crippen molar-refractivity contribution in [3.05, 3.63) is 46.3 Å². The molecule has 0 aliphatic rings. The molecule has 0 saturated heterocycles. The Morgan fingerprint density at radius 2 is 2.20 bits per heavy atom. The molecule has 0 spiro atoms. The van der Waals surface area contributed by atoms with Crippen LogP contribution >= 0.6 is 23.2 Å². The molecule has 1 N–H and O–H groups in total. The van der Waals surface area contributed by atoms with Crippen molar-refractivity contribution in [1.29, 1.82) is 0 Å². The second-order valence-electron chi connectivity index (χ2n) is 2.99. The van der Waals surface area contributed by atoms with Crippen LogP contribution in [0.15, 0.2) is 35.2 Å². The predicted molar refractivity (Wildman–Crippen MR) is 60.3 cm³/mol. The van der Waals surface area contributed by atoms with Crippen LogP contribution in [0.3, 0.4) is 0 Å². The maximum atomic E-state index is 6.00. The SMILES string of the molecule is Clc1cccc(NCc2cnoc2)c1Cl. The van der Waals surface area contributed by atoms with Crippen LogP contribution in [0.1, 0.15) is 5.56 Å². The van der Waals surface area contributed by atoms with Gasteiger partial charge in [-0.25, -0.2) is 0 Å². The number of hydrogen-bond donors (Lipinski definition) is 1. The van der Waals surface area contributed by atoms with E-state index in [-0.39, 0.29) is 0 Å². The Morgan fingerprint density at radius 3 is 2.93 bits per heavy atom. The van der Waals surface area contributed by atoms with Crippen molar-refractivity contribution < 1.29 is 4.52 Å². The number of nitrogens with one attached hydrogen (secondary N) is 1. The van der Waals surface area contributed by atoms with E-state index in [4.69, 9.17) is 27.7 Å². The van der Waals surface area contributed by atoms with Crippen molar-refractivity contribution in [3.63, 3.8) is 0 Å². The lowest BCUT2D eigenvalue weighted by molar-refractivity contribution is 0.419. The van der Waals surface area contributed by atoms with Gasteiger partial charge in [0.15, 0.2) is 0 Å². The summed E-state index contributed by atoms with van der Waals surface area (Å²) in [5, 5.41) is 7.80. The van der Waals surface area contributed by atoms with E-state index in [1.807, 2.05) is 12.1 Å². The molecule has 1 aromatic heterocycles. The Bertz CT molecular complexity index is 443. The van der Waals surface area contributed by atoms with E-state index in [2.05, 4.69) is 10.5 Å². The molecule has 1 heterocycles. The highest BCUT2D eigenvalue weighted by Gasteiger charge is 2.03. The fourth-order valence-electron chi connectivity index (χ4n) is 1.15. The summed E-state index contributed by atoms with van der Waals surface area (Å²) in [6.07, 6.45) is 3.22. The zero-order valence-electron chi connectivity index (χ0n) is 7.71. The van der Waals surface area contributed by atoms with Gasteiger partial charge in [-0.2, -0.15) is 0 Å². The third kappa shape index (κ3) is 2.43. The minimum atomic E-state index is 0.524. The number of halogens is 2. The molecule has 0 radical (unpaired) electrons. The smallest absolute Gasteiger partial charge is 0.128 e. The predicted octanol–water partition coefficient (Wildman–Crippen LogP) is 3.59. The lowest BCUT2D eigenvalue weighted by Crippen LogP contribution is -1.98. The number of anilines is 1. The maximum absolute atomic E-state index is 6.00. The van der Waals surface area contributed by atoms with Gasteiger partial charge in [-0.05, 0) is 12.1 Å². The molecule has 0 saturated carbocycles. The molecule has 0 bridgehead atoms. The molecule has 78 valence electrons. The summed E-state index contributed by atoms with van der Waals surface area (Å²) in [6.45, 7) is 0.601. The zero-order chi connectivity index (χ0) is 10.7. The van der Waals surface area contributed by atoms with Gasteiger partial charge in [0.1, 0.15) is 6.26 Å². The van der Waals surface area contributed by atoms with Gasteiger partial charge >= 0.3 is 0 Å². The average molecular weight is 243 g/mol. The maximum Gasteiger partial charge on any atom is 0.128 e. The van der Waals surface area contributed by atoms with Gasteiger partial charge in [0.25, 0.3) is 0 Å². The Balaban J connectivity index is 2.08. The van der Waals surface area contributed by atoms with E-state index in [0.717, 1.165) is 11.3 Å². The normalized spacial score (nSPS) is 10.3. The topological polar surface area (TPSA) is 38.1 Å². The lowest BCUT2D eigenvalue weighted by Gasteiger charge is -2.07. The van der Waals surface area contributed by atoms with Crippen molar-refractivity contribution in [1.82, 2.24) is 5.16 Å². The molecule has 1 aromatic carbocycles. The largest absolute Gasteiger partial charge is 0.380 e.